The molecule has 5 nitrogen and oxygen atoms in total. The number of ether oxygens (including phenoxy) is 1. The molecule has 0 bridgehead atoms. The van der Waals surface area contributed by atoms with E-state index in [1.807, 2.05) is 5.38 Å². The maximum Gasteiger partial charge on any atom is 0.321 e. The lowest BCUT2D eigenvalue weighted by atomic mass is 9.87. The quantitative estimate of drug-likeness (QED) is 0.883. The summed E-state index contributed by atoms with van der Waals surface area (Å²) in [5.41, 5.74) is 0.167. The predicted molar refractivity (Wildman–Crippen MR) is 67.1 cm³/mol. The molecule has 0 aromatic carbocycles. The molecule has 3 heterocycles. The summed E-state index contributed by atoms with van der Waals surface area (Å²) in [5.74, 6) is -0.370. The fourth-order valence-corrected chi connectivity index (χ4v) is 3.58. The average Bonchev–Trinajstić information content (AvgIpc) is 2.84. The van der Waals surface area contributed by atoms with Crippen molar-refractivity contribution in [2.75, 3.05) is 33.4 Å². The fraction of sp³-hybridized carbons (Fsp3) is 0.667. The summed E-state index contributed by atoms with van der Waals surface area (Å²) in [6.45, 7) is 2.60. The Morgan fingerprint density at radius 3 is 2.94 bits per heavy atom. The van der Waals surface area contributed by atoms with Crippen molar-refractivity contribution < 1.29 is 14.6 Å². The molecule has 18 heavy (non-hydrogen) atoms. The molecule has 1 N–H and O–H groups in total. The van der Waals surface area contributed by atoms with Gasteiger partial charge in [-0.1, -0.05) is 0 Å². The van der Waals surface area contributed by atoms with Crippen molar-refractivity contribution in [3.8, 4) is 0 Å². The van der Waals surface area contributed by atoms with Gasteiger partial charge in [0.2, 0.25) is 0 Å². The summed E-state index contributed by atoms with van der Waals surface area (Å²) in [7, 11) is 2.10. The largest absolute Gasteiger partial charge is 0.480 e. The number of hydrogen-bond donors (Lipinski definition) is 1. The van der Waals surface area contributed by atoms with E-state index in [-0.39, 0.29) is 13.2 Å². The maximum atomic E-state index is 11.4. The zero-order valence-corrected chi connectivity index (χ0v) is 11.1. The highest BCUT2D eigenvalue weighted by Gasteiger charge is 2.50. The Balaban J connectivity index is 1.83. The van der Waals surface area contributed by atoms with Crippen LogP contribution in [0.3, 0.4) is 0 Å². The van der Waals surface area contributed by atoms with Gasteiger partial charge in [0.1, 0.15) is 5.01 Å². The van der Waals surface area contributed by atoms with Crippen LogP contribution in [0.25, 0.3) is 0 Å². The Hall–Kier alpha value is -0.980. The number of rotatable bonds is 3. The average molecular weight is 268 g/mol. The van der Waals surface area contributed by atoms with Crippen molar-refractivity contribution in [2.45, 2.75) is 17.8 Å². The lowest BCUT2D eigenvalue weighted by Gasteiger charge is -2.35. The van der Waals surface area contributed by atoms with Crippen molar-refractivity contribution in [3.63, 3.8) is 0 Å². The van der Waals surface area contributed by atoms with Gasteiger partial charge in [0.15, 0.2) is 5.41 Å². The van der Waals surface area contributed by atoms with Gasteiger partial charge in [-0.3, -0.25) is 4.79 Å². The number of aromatic nitrogens is 1. The minimum atomic E-state index is -0.882. The van der Waals surface area contributed by atoms with E-state index < -0.39 is 11.4 Å². The minimum absolute atomic E-state index is 0.250. The Labute approximate surface area is 109 Å². The summed E-state index contributed by atoms with van der Waals surface area (Å²) in [4.78, 5) is 18.2. The molecule has 1 aromatic heterocycles. The molecule has 2 aliphatic rings. The Kier molecular flexibility index (Phi) is 2.88. The van der Waals surface area contributed by atoms with Crippen LogP contribution in [0.5, 0.6) is 0 Å². The van der Waals surface area contributed by atoms with Crippen molar-refractivity contribution in [3.05, 3.63) is 16.1 Å². The molecule has 0 amide bonds. The normalized spacial score (nSPS) is 27.1. The van der Waals surface area contributed by atoms with E-state index in [2.05, 4.69) is 16.9 Å². The SMILES string of the molecule is CN1CCC(c2csc(C3(C(=O)O)COC3)n2)C1. The van der Waals surface area contributed by atoms with E-state index >= 15 is 0 Å². The number of aliphatic carboxylic acids is 1. The van der Waals surface area contributed by atoms with Gasteiger partial charge in [0.05, 0.1) is 18.9 Å². The maximum absolute atomic E-state index is 11.4. The molecule has 1 unspecified atom stereocenters. The number of hydrogen-bond acceptors (Lipinski definition) is 5. The summed E-state index contributed by atoms with van der Waals surface area (Å²) in [6.07, 6.45) is 1.11. The third-order valence-corrected chi connectivity index (χ3v) is 4.91. The van der Waals surface area contributed by atoms with E-state index in [0.29, 0.717) is 10.9 Å². The molecule has 2 aliphatic heterocycles. The molecule has 0 saturated carbocycles. The standard InChI is InChI=1S/C12H16N2O3S/c1-14-3-2-8(4-14)9-5-18-10(13-9)12(11(15)16)6-17-7-12/h5,8H,2-4,6-7H2,1H3,(H,15,16). The highest BCUT2D eigenvalue weighted by Crippen LogP contribution is 2.37. The van der Waals surface area contributed by atoms with E-state index in [1.165, 1.54) is 11.3 Å². The summed E-state index contributed by atoms with van der Waals surface area (Å²) < 4.78 is 5.08. The second-order valence-electron chi connectivity index (χ2n) is 5.21. The first-order valence-electron chi connectivity index (χ1n) is 6.07. The van der Waals surface area contributed by atoms with Gasteiger partial charge in [0.25, 0.3) is 0 Å². The van der Waals surface area contributed by atoms with Crippen LogP contribution >= 0.6 is 11.3 Å². The molecule has 2 saturated heterocycles. The first-order valence-corrected chi connectivity index (χ1v) is 6.95. The number of carbonyl (C=O) groups is 1. The third kappa shape index (κ3) is 1.75. The zero-order chi connectivity index (χ0) is 12.8. The molecule has 1 aromatic rings. The fourth-order valence-electron chi connectivity index (χ4n) is 2.51. The topological polar surface area (TPSA) is 62.7 Å². The predicted octanol–water partition coefficient (Wildman–Crippen LogP) is 0.915. The van der Waals surface area contributed by atoms with Gasteiger partial charge >= 0.3 is 5.97 Å². The lowest BCUT2D eigenvalue weighted by molar-refractivity contribution is -0.163. The van der Waals surface area contributed by atoms with Gasteiger partial charge in [-0.15, -0.1) is 11.3 Å². The number of carboxylic acid groups (broad SMARTS) is 1. The van der Waals surface area contributed by atoms with Crippen LogP contribution in [-0.4, -0.2) is 54.3 Å². The number of carboxylic acids is 1. The molecule has 3 rings (SSSR count). The van der Waals surface area contributed by atoms with Crippen molar-refractivity contribution in [2.24, 2.45) is 0 Å². The molecule has 98 valence electrons. The number of thiazole rings is 1. The molecule has 1 atom stereocenters. The van der Waals surface area contributed by atoms with Gasteiger partial charge in [-0.25, -0.2) is 4.98 Å². The van der Waals surface area contributed by atoms with Gasteiger partial charge in [0, 0.05) is 17.8 Å². The monoisotopic (exact) mass is 268 g/mol. The van der Waals surface area contributed by atoms with Crippen LogP contribution < -0.4 is 0 Å². The van der Waals surface area contributed by atoms with Crippen LogP contribution in [0, 0.1) is 0 Å². The molecule has 0 radical (unpaired) electrons. The molecule has 0 aliphatic carbocycles. The first-order chi connectivity index (χ1) is 8.62. The van der Waals surface area contributed by atoms with Crippen LogP contribution in [0.1, 0.15) is 23.0 Å². The highest BCUT2D eigenvalue weighted by atomic mass is 32.1. The molecule has 2 fully saturated rings. The Morgan fingerprint density at radius 1 is 1.67 bits per heavy atom. The lowest BCUT2D eigenvalue weighted by Crippen LogP contribution is -2.53. The van der Waals surface area contributed by atoms with E-state index in [0.717, 1.165) is 25.2 Å². The summed E-state index contributed by atoms with van der Waals surface area (Å²) >= 11 is 1.46. The van der Waals surface area contributed by atoms with Crippen LogP contribution in [-0.2, 0) is 14.9 Å². The van der Waals surface area contributed by atoms with E-state index in [9.17, 15) is 9.90 Å². The van der Waals surface area contributed by atoms with Crippen molar-refractivity contribution in [1.29, 1.82) is 0 Å². The molecular weight excluding hydrogens is 252 g/mol. The summed E-state index contributed by atoms with van der Waals surface area (Å²) in [6, 6.07) is 0. The van der Waals surface area contributed by atoms with E-state index in [1.54, 1.807) is 0 Å². The minimum Gasteiger partial charge on any atom is -0.480 e. The summed E-state index contributed by atoms with van der Waals surface area (Å²) in [5, 5.41) is 12.0. The molecule has 0 spiro atoms. The Bertz CT molecular complexity index is 470. The van der Waals surface area contributed by atoms with Crippen LogP contribution in [0.15, 0.2) is 5.38 Å². The van der Waals surface area contributed by atoms with Crippen molar-refractivity contribution in [1.82, 2.24) is 9.88 Å². The van der Waals surface area contributed by atoms with Gasteiger partial charge in [-0.2, -0.15) is 0 Å². The molecule has 6 heteroatoms. The smallest absolute Gasteiger partial charge is 0.321 e. The number of likely N-dealkylation sites (tertiary alicyclic amines) is 1. The van der Waals surface area contributed by atoms with Crippen molar-refractivity contribution >= 4 is 17.3 Å². The zero-order valence-electron chi connectivity index (χ0n) is 10.3. The Morgan fingerprint density at radius 2 is 2.44 bits per heavy atom. The van der Waals surface area contributed by atoms with E-state index in [4.69, 9.17) is 4.74 Å². The second kappa shape index (κ2) is 4.29. The van der Waals surface area contributed by atoms with Crippen LogP contribution in [0.4, 0.5) is 0 Å². The van der Waals surface area contributed by atoms with Crippen LogP contribution in [0.2, 0.25) is 0 Å². The second-order valence-corrected chi connectivity index (χ2v) is 6.06. The molecular formula is C12H16N2O3S. The highest BCUT2D eigenvalue weighted by molar-refractivity contribution is 7.10. The third-order valence-electron chi connectivity index (χ3n) is 3.85. The first kappa shape index (κ1) is 12.1. The number of nitrogens with zero attached hydrogens (tertiary/aromatic N) is 2. The number of likely N-dealkylation sites (N-methyl/N-ethyl adjacent to an activating group) is 1. The van der Waals surface area contributed by atoms with Gasteiger partial charge in [-0.05, 0) is 20.0 Å². The van der Waals surface area contributed by atoms with Gasteiger partial charge < -0.3 is 14.7 Å².